The monoisotopic (exact) mass is 421 g/mol. The third-order valence-electron chi connectivity index (χ3n) is 3.64. The van der Waals surface area contributed by atoms with E-state index in [9.17, 15) is 9.13 Å². The Kier molecular flexibility index (Phi) is 11.0. The molecule has 0 spiro atoms. The molecule has 0 bridgehead atoms. The van der Waals surface area contributed by atoms with E-state index in [0.29, 0.717) is 6.42 Å². The molecule has 0 fully saturated rings. The zero-order chi connectivity index (χ0) is 20.3. The van der Waals surface area contributed by atoms with Crippen molar-refractivity contribution in [3.05, 3.63) is 35.4 Å². The maximum atomic E-state index is 13.0. The second-order valence-corrected chi connectivity index (χ2v) is 9.85. The molecular formula is C18H33NO6P2. The van der Waals surface area contributed by atoms with Crippen LogP contribution in [-0.2, 0) is 33.6 Å². The van der Waals surface area contributed by atoms with Crippen LogP contribution in [0.2, 0.25) is 0 Å². The van der Waals surface area contributed by atoms with Crippen LogP contribution in [0, 0.1) is 6.92 Å². The zero-order valence-electron chi connectivity index (χ0n) is 17.0. The largest absolute Gasteiger partial charge is 0.405 e. The Balaban J connectivity index is 3.07. The summed E-state index contributed by atoms with van der Waals surface area (Å²) in [6, 6.07) is 7.51. The van der Waals surface area contributed by atoms with Crippen LogP contribution < -0.4 is 5.09 Å². The highest BCUT2D eigenvalue weighted by atomic mass is 31.2. The Hall–Kier alpha value is -0.520. The van der Waals surface area contributed by atoms with Crippen LogP contribution in [0.25, 0.3) is 0 Å². The van der Waals surface area contributed by atoms with Gasteiger partial charge in [0.05, 0.1) is 32.6 Å². The van der Waals surface area contributed by atoms with Crippen molar-refractivity contribution < 1.29 is 27.2 Å². The predicted octanol–water partition coefficient (Wildman–Crippen LogP) is 4.94. The normalized spacial score (nSPS) is 13.7. The van der Waals surface area contributed by atoms with E-state index in [2.05, 4.69) is 5.09 Å². The summed E-state index contributed by atoms with van der Waals surface area (Å²) in [6.07, 6.45) is 0.543. The highest BCUT2D eigenvalue weighted by Gasteiger charge is 2.34. The third-order valence-corrected chi connectivity index (χ3v) is 7.71. The van der Waals surface area contributed by atoms with Crippen molar-refractivity contribution in [1.82, 2.24) is 5.09 Å². The summed E-state index contributed by atoms with van der Waals surface area (Å²) >= 11 is 0. The first kappa shape index (κ1) is 24.5. The summed E-state index contributed by atoms with van der Waals surface area (Å²) < 4.78 is 47.5. The third kappa shape index (κ3) is 9.01. The highest BCUT2D eigenvalue weighted by Crippen LogP contribution is 2.51. The smallest absolute Gasteiger partial charge is 0.309 e. The molecule has 0 heterocycles. The summed E-state index contributed by atoms with van der Waals surface area (Å²) in [5.41, 5.74) is 2.16. The van der Waals surface area contributed by atoms with Crippen molar-refractivity contribution in [2.75, 3.05) is 32.6 Å². The Morgan fingerprint density at radius 2 is 1.33 bits per heavy atom. The van der Waals surface area contributed by atoms with Crippen LogP contribution in [0.5, 0.6) is 0 Å². The van der Waals surface area contributed by atoms with Gasteiger partial charge in [-0.15, -0.1) is 0 Å². The number of aryl methyl sites for hydroxylation is 1. The molecule has 1 rings (SSSR count). The van der Waals surface area contributed by atoms with Gasteiger partial charge in [0.1, 0.15) is 0 Å². The van der Waals surface area contributed by atoms with Gasteiger partial charge < -0.3 is 9.05 Å². The molecule has 1 unspecified atom stereocenters. The van der Waals surface area contributed by atoms with Gasteiger partial charge in [-0.2, -0.15) is 0 Å². The number of hydrogen-bond acceptors (Lipinski definition) is 6. The summed E-state index contributed by atoms with van der Waals surface area (Å²) in [5, 5.41) is 2.95. The first-order valence-electron chi connectivity index (χ1n) is 9.40. The maximum absolute atomic E-state index is 13.0. The van der Waals surface area contributed by atoms with Crippen molar-refractivity contribution >= 4 is 15.3 Å². The lowest BCUT2D eigenvalue weighted by molar-refractivity contribution is 0.203. The van der Waals surface area contributed by atoms with Crippen LogP contribution in [0.1, 0.15) is 38.8 Å². The lowest BCUT2D eigenvalue weighted by atomic mass is 10.1. The Morgan fingerprint density at radius 3 is 1.78 bits per heavy atom. The van der Waals surface area contributed by atoms with Gasteiger partial charge in [0.2, 0.25) is 0 Å². The van der Waals surface area contributed by atoms with E-state index in [1.54, 1.807) is 27.7 Å². The predicted molar refractivity (Wildman–Crippen MR) is 108 cm³/mol. The zero-order valence-corrected chi connectivity index (χ0v) is 18.8. The molecule has 0 saturated heterocycles. The second kappa shape index (κ2) is 12.1. The topological polar surface area (TPSA) is 83.1 Å². The molecular weight excluding hydrogens is 388 g/mol. The van der Waals surface area contributed by atoms with Crippen molar-refractivity contribution in [3.63, 3.8) is 0 Å². The molecule has 0 aliphatic rings. The van der Waals surface area contributed by atoms with Gasteiger partial charge >= 0.3 is 15.3 Å². The molecule has 1 aromatic rings. The van der Waals surface area contributed by atoms with Crippen molar-refractivity contribution in [2.24, 2.45) is 0 Å². The molecule has 7 nitrogen and oxygen atoms in total. The van der Waals surface area contributed by atoms with Gasteiger partial charge in [0.25, 0.3) is 0 Å². The van der Waals surface area contributed by atoms with E-state index in [-0.39, 0.29) is 32.6 Å². The number of rotatable bonds is 14. The van der Waals surface area contributed by atoms with Crippen molar-refractivity contribution in [2.45, 2.75) is 47.1 Å². The van der Waals surface area contributed by atoms with Gasteiger partial charge in [-0.25, -0.2) is 9.65 Å². The van der Waals surface area contributed by atoms with Crippen LogP contribution >= 0.6 is 15.3 Å². The molecule has 156 valence electrons. The molecule has 27 heavy (non-hydrogen) atoms. The van der Waals surface area contributed by atoms with Crippen molar-refractivity contribution in [3.8, 4) is 0 Å². The first-order valence-corrected chi connectivity index (χ1v) is 12.7. The molecule has 0 amide bonds. The molecule has 0 saturated carbocycles. The summed E-state index contributed by atoms with van der Waals surface area (Å²) in [4.78, 5) is 0. The second-order valence-electron chi connectivity index (χ2n) is 5.98. The molecule has 0 aliphatic carbocycles. The van der Waals surface area contributed by atoms with Gasteiger partial charge in [-0.3, -0.25) is 13.6 Å². The van der Waals surface area contributed by atoms with Gasteiger partial charge in [0, 0.05) is 6.04 Å². The summed E-state index contributed by atoms with van der Waals surface area (Å²) in [6.45, 7) is 10.0. The fourth-order valence-corrected chi connectivity index (χ4v) is 6.15. The van der Waals surface area contributed by atoms with Crippen LogP contribution in [0.4, 0.5) is 0 Å². The number of nitrogens with one attached hydrogen (secondary N) is 1. The SMILES string of the molecule is CCOP(=O)(CC(Cc1ccc(C)cc1)NP(=O)(OCC)OCC)OCC. The lowest BCUT2D eigenvalue weighted by Crippen LogP contribution is -2.34. The minimum Gasteiger partial charge on any atom is -0.309 e. The Morgan fingerprint density at radius 1 is 0.852 bits per heavy atom. The van der Waals surface area contributed by atoms with E-state index in [0.717, 1.165) is 11.1 Å². The van der Waals surface area contributed by atoms with Crippen LogP contribution in [0.3, 0.4) is 0 Å². The highest BCUT2D eigenvalue weighted by molar-refractivity contribution is 7.54. The average Bonchev–Trinajstić information content (AvgIpc) is 2.57. The van der Waals surface area contributed by atoms with E-state index < -0.39 is 21.4 Å². The van der Waals surface area contributed by atoms with Crippen molar-refractivity contribution in [1.29, 1.82) is 0 Å². The first-order chi connectivity index (χ1) is 12.8. The summed E-state index contributed by atoms with van der Waals surface area (Å²) in [7, 11) is -6.87. The van der Waals surface area contributed by atoms with Crippen LogP contribution in [-0.4, -0.2) is 38.6 Å². The molecule has 9 heteroatoms. The van der Waals surface area contributed by atoms with Crippen LogP contribution in [0.15, 0.2) is 24.3 Å². The van der Waals surface area contributed by atoms with Gasteiger partial charge in [0.15, 0.2) is 0 Å². The lowest BCUT2D eigenvalue weighted by Gasteiger charge is -2.27. The fourth-order valence-electron chi connectivity index (χ4n) is 2.64. The Labute approximate surface area is 163 Å². The molecule has 1 N–H and O–H groups in total. The fraction of sp³-hybridized carbons (Fsp3) is 0.667. The van der Waals surface area contributed by atoms with E-state index >= 15 is 0 Å². The minimum absolute atomic E-state index is 0.0622. The standard InChI is InChI=1S/C18H33NO6P2/c1-6-22-26(20,23-7-2)15-18(14-17-12-10-16(5)11-13-17)19-27(21,24-8-3)25-9-4/h10-13,18H,6-9,14-15H2,1-5H3,(H,19,21). The summed E-state index contributed by atoms with van der Waals surface area (Å²) in [5.74, 6) is 0. The molecule has 1 aromatic carbocycles. The molecule has 0 radical (unpaired) electrons. The molecule has 1 atom stereocenters. The van der Waals surface area contributed by atoms with E-state index in [1.807, 2.05) is 31.2 Å². The number of hydrogen-bond donors (Lipinski definition) is 1. The van der Waals surface area contributed by atoms with E-state index in [4.69, 9.17) is 18.1 Å². The maximum Gasteiger partial charge on any atom is 0.405 e. The molecule has 0 aromatic heterocycles. The van der Waals surface area contributed by atoms with E-state index in [1.165, 1.54) is 0 Å². The minimum atomic E-state index is -3.53. The number of benzene rings is 1. The average molecular weight is 421 g/mol. The Bertz CT molecular complexity index is 585. The molecule has 0 aliphatic heterocycles. The van der Waals surface area contributed by atoms with Gasteiger partial charge in [-0.1, -0.05) is 29.8 Å². The van der Waals surface area contributed by atoms with Gasteiger partial charge in [-0.05, 0) is 46.6 Å². The quantitative estimate of drug-likeness (QED) is 0.426.